The van der Waals surface area contributed by atoms with E-state index >= 15 is 0 Å². The largest absolute Gasteiger partial charge is 0.495 e. The smallest absolute Gasteiger partial charge is 0.244 e. The highest BCUT2D eigenvalue weighted by Crippen LogP contribution is 2.32. The second-order valence-corrected chi connectivity index (χ2v) is 7.76. The molecule has 114 valence electrons. The lowest BCUT2D eigenvalue weighted by Gasteiger charge is -2.12. The van der Waals surface area contributed by atoms with Gasteiger partial charge in [0.25, 0.3) is 0 Å². The molecule has 1 aromatic heterocycles. The van der Waals surface area contributed by atoms with Gasteiger partial charge in [-0.3, -0.25) is 0 Å². The number of thiazole rings is 1. The molecule has 0 radical (unpaired) electrons. The second-order valence-electron chi connectivity index (χ2n) is 4.23. The Hall–Kier alpha value is -1.16. The van der Waals surface area contributed by atoms with Crippen molar-refractivity contribution in [2.75, 3.05) is 12.8 Å². The van der Waals surface area contributed by atoms with E-state index in [-0.39, 0.29) is 17.2 Å². The van der Waals surface area contributed by atoms with Crippen molar-refractivity contribution in [3.8, 4) is 5.75 Å². The lowest BCUT2D eigenvalue weighted by atomic mass is 10.3. The Morgan fingerprint density at radius 3 is 2.76 bits per heavy atom. The van der Waals surface area contributed by atoms with Gasteiger partial charge < -0.3 is 10.5 Å². The maximum atomic E-state index is 12.4. The van der Waals surface area contributed by atoms with Crippen molar-refractivity contribution in [1.82, 2.24) is 9.71 Å². The predicted octanol–water partition coefficient (Wildman–Crippen LogP) is 2.28. The number of hydrogen-bond donors (Lipinski definition) is 2. The molecule has 0 fully saturated rings. The number of ether oxygens (including phenoxy) is 1. The van der Waals surface area contributed by atoms with Crippen LogP contribution >= 0.6 is 27.3 Å². The number of methoxy groups -OCH3 is 1. The third-order valence-electron chi connectivity index (χ3n) is 2.65. The summed E-state index contributed by atoms with van der Waals surface area (Å²) in [6.45, 7) is 1.98. The van der Waals surface area contributed by atoms with Gasteiger partial charge in [0.1, 0.15) is 15.7 Å². The molecule has 0 saturated heterocycles. The van der Waals surface area contributed by atoms with Gasteiger partial charge in [0.05, 0.1) is 13.7 Å². The monoisotopic (exact) mass is 391 g/mol. The van der Waals surface area contributed by atoms with Crippen LogP contribution in [0.15, 0.2) is 26.9 Å². The van der Waals surface area contributed by atoms with Crippen molar-refractivity contribution in [2.45, 2.75) is 18.4 Å². The molecule has 1 heterocycles. The molecule has 9 heteroatoms. The number of aromatic nitrogens is 1. The number of nitrogens with two attached hydrogens (primary N) is 1. The number of nitrogens with zero attached hydrogens (tertiary/aromatic N) is 1. The van der Waals surface area contributed by atoms with Gasteiger partial charge in [0.15, 0.2) is 0 Å². The van der Waals surface area contributed by atoms with E-state index in [9.17, 15) is 8.42 Å². The normalized spacial score (nSPS) is 11.6. The van der Waals surface area contributed by atoms with Gasteiger partial charge in [-0.05, 0) is 35.0 Å². The molecule has 0 bridgehead atoms. The van der Waals surface area contributed by atoms with E-state index in [2.05, 4.69) is 25.6 Å². The van der Waals surface area contributed by atoms with Crippen LogP contribution in [0.1, 0.15) is 10.7 Å². The van der Waals surface area contributed by atoms with Gasteiger partial charge in [-0.1, -0.05) is 0 Å². The first kappa shape index (κ1) is 16.2. The van der Waals surface area contributed by atoms with Crippen LogP contribution in [0.3, 0.4) is 0 Å². The summed E-state index contributed by atoms with van der Waals surface area (Å²) in [5, 5.41) is 2.56. The van der Waals surface area contributed by atoms with Gasteiger partial charge in [0.2, 0.25) is 10.0 Å². The minimum absolute atomic E-state index is 0.000946. The number of nitrogen functional groups attached to an aromatic ring is 1. The topological polar surface area (TPSA) is 94.3 Å². The van der Waals surface area contributed by atoms with Crippen molar-refractivity contribution in [2.24, 2.45) is 0 Å². The Kier molecular flexibility index (Phi) is 4.87. The Morgan fingerprint density at radius 1 is 1.48 bits per heavy atom. The zero-order valence-electron chi connectivity index (χ0n) is 11.4. The van der Waals surface area contributed by atoms with Crippen LogP contribution < -0.4 is 15.2 Å². The molecule has 6 nitrogen and oxygen atoms in total. The first-order chi connectivity index (χ1) is 9.83. The standard InChI is InChI=1S/C12H14BrN3O3S2/c1-7-6-20-12(16-7)5-15-21(17,18)11-4-9(14)8(13)3-10(11)19-2/h3-4,6,15H,5,14H2,1-2H3. The Labute approximate surface area is 135 Å². The lowest BCUT2D eigenvalue weighted by Crippen LogP contribution is -2.24. The third-order valence-corrected chi connectivity index (χ3v) is 5.73. The fourth-order valence-corrected chi connectivity index (χ4v) is 3.94. The average molecular weight is 392 g/mol. The molecule has 0 aliphatic rings. The maximum absolute atomic E-state index is 12.4. The summed E-state index contributed by atoms with van der Waals surface area (Å²) in [5.74, 6) is 0.221. The molecule has 2 aromatic rings. The Balaban J connectivity index is 2.28. The Morgan fingerprint density at radius 2 is 2.19 bits per heavy atom. The molecular weight excluding hydrogens is 378 g/mol. The van der Waals surface area contributed by atoms with Crippen LogP contribution in [0.25, 0.3) is 0 Å². The van der Waals surface area contributed by atoms with Crippen LogP contribution in [0.4, 0.5) is 5.69 Å². The third kappa shape index (κ3) is 3.73. The van der Waals surface area contributed by atoms with E-state index in [0.29, 0.717) is 15.2 Å². The van der Waals surface area contributed by atoms with Gasteiger partial charge >= 0.3 is 0 Å². The van der Waals surface area contributed by atoms with Crippen molar-refractivity contribution in [3.05, 3.63) is 32.7 Å². The molecule has 3 N–H and O–H groups in total. The molecule has 0 unspecified atom stereocenters. The second kappa shape index (κ2) is 6.30. The van der Waals surface area contributed by atoms with Crippen LogP contribution in [0, 0.1) is 6.92 Å². The number of aryl methyl sites for hydroxylation is 1. The van der Waals surface area contributed by atoms with Gasteiger partial charge in [-0.2, -0.15) is 0 Å². The van der Waals surface area contributed by atoms with Crippen LogP contribution in [0.2, 0.25) is 0 Å². The minimum atomic E-state index is -3.74. The molecule has 0 atom stereocenters. The van der Waals surface area contributed by atoms with Crippen LogP contribution in [-0.4, -0.2) is 20.5 Å². The van der Waals surface area contributed by atoms with Gasteiger partial charge in [-0.25, -0.2) is 18.1 Å². The first-order valence-electron chi connectivity index (χ1n) is 5.87. The summed E-state index contributed by atoms with van der Waals surface area (Å²) in [6.07, 6.45) is 0. The average Bonchev–Trinajstić information content (AvgIpc) is 2.85. The summed E-state index contributed by atoms with van der Waals surface area (Å²) in [4.78, 5) is 4.21. The van der Waals surface area contributed by atoms with E-state index in [0.717, 1.165) is 5.69 Å². The summed E-state index contributed by atoms with van der Waals surface area (Å²) in [7, 11) is -2.34. The highest BCUT2D eigenvalue weighted by atomic mass is 79.9. The molecule has 0 aliphatic carbocycles. The van der Waals surface area contributed by atoms with Crippen LogP contribution in [-0.2, 0) is 16.6 Å². The summed E-state index contributed by atoms with van der Waals surface area (Å²) in [5.41, 5.74) is 6.93. The van der Waals surface area contributed by atoms with E-state index < -0.39 is 10.0 Å². The number of benzene rings is 1. The minimum Gasteiger partial charge on any atom is -0.495 e. The fourth-order valence-electron chi connectivity index (χ4n) is 1.64. The van der Waals surface area contributed by atoms with Crippen LogP contribution in [0.5, 0.6) is 5.75 Å². The predicted molar refractivity (Wildman–Crippen MR) is 86.0 cm³/mol. The van der Waals surface area contributed by atoms with Crippen molar-refractivity contribution < 1.29 is 13.2 Å². The number of sulfonamides is 1. The zero-order chi connectivity index (χ0) is 15.6. The van der Waals surface area contributed by atoms with E-state index in [4.69, 9.17) is 10.5 Å². The molecule has 21 heavy (non-hydrogen) atoms. The van der Waals surface area contributed by atoms with E-state index in [1.54, 1.807) is 0 Å². The number of nitrogens with one attached hydrogen (secondary N) is 1. The van der Waals surface area contributed by atoms with Gasteiger partial charge in [-0.15, -0.1) is 11.3 Å². The highest BCUT2D eigenvalue weighted by Gasteiger charge is 2.21. The fraction of sp³-hybridized carbons (Fsp3) is 0.250. The molecule has 0 amide bonds. The quantitative estimate of drug-likeness (QED) is 0.762. The van der Waals surface area contributed by atoms with E-state index in [1.807, 2.05) is 12.3 Å². The summed E-state index contributed by atoms with van der Waals surface area (Å²) < 4.78 is 32.9. The number of anilines is 1. The number of halogens is 1. The molecule has 1 aromatic carbocycles. The molecule has 0 saturated carbocycles. The molecular formula is C12H14BrN3O3S2. The van der Waals surface area contributed by atoms with Crippen molar-refractivity contribution in [1.29, 1.82) is 0 Å². The maximum Gasteiger partial charge on any atom is 0.244 e. The molecule has 0 aliphatic heterocycles. The summed E-state index contributed by atoms with van der Waals surface area (Å²) in [6, 6.07) is 2.88. The lowest BCUT2D eigenvalue weighted by molar-refractivity contribution is 0.402. The number of rotatable bonds is 5. The zero-order valence-corrected chi connectivity index (χ0v) is 14.6. The van der Waals surface area contributed by atoms with E-state index in [1.165, 1.54) is 30.6 Å². The first-order valence-corrected chi connectivity index (χ1v) is 9.02. The van der Waals surface area contributed by atoms with Crippen molar-refractivity contribution in [3.63, 3.8) is 0 Å². The van der Waals surface area contributed by atoms with Gasteiger partial charge in [0, 0.05) is 21.2 Å². The van der Waals surface area contributed by atoms with Crippen molar-refractivity contribution >= 4 is 43.0 Å². The number of hydrogen-bond acceptors (Lipinski definition) is 6. The SMILES string of the molecule is COc1cc(Br)c(N)cc1S(=O)(=O)NCc1nc(C)cs1. The summed E-state index contributed by atoms with van der Waals surface area (Å²) >= 11 is 4.64. The highest BCUT2D eigenvalue weighted by molar-refractivity contribution is 9.10. The molecule has 0 spiro atoms. The Bertz CT molecular complexity index is 759. The molecule has 2 rings (SSSR count).